The predicted octanol–water partition coefficient (Wildman–Crippen LogP) is 3.66. The van der Waals surface area contributed by atoms with Crippen molar-refractivity contribution in [3.8, 4) is 0 Å². The molecule has 1 aromatic carbocycles. The molecule has 0 unspecified atom stereocenters. The maximum atomic E-state index is 12.6. The van der Waals surface area contributed by atoms with Gasteiger partial charge in [-0.1, -0.05) is 0 Å². The Labute approximate surface area is 126 Å². The topological polar surface area (TPSA) is 72.5 Å². The van der Waals surface area contributed by atoms with E-state index in [0.717, 1.165) is 0 Å². The number of carbonyl (C=O) groups is 1. The molecule has 2 aromatic heterocycles. The van der Waals surface area contributed by atoms with Crippen LogP contribution in [0.25, 0.3) is 11.0 Å². The van der Waals surface area contributed by atoms with Crippen LogP contribution in [0.5, 0.6) is 0 Å². The van der Waals surface area contributed by atoms with Gasteiger partial charge < -0.3 is 14.2 Å². The number of amides is 1. The minimum absolute atomic E-state index is 0.0598. The highest BCUT2D eigenvalue weighted by Crippen LogP contribution is 2.30. The third kappa shape index (κ3) is 2.96. The second-order valence-corrected chi connectivity index (χ2v) is 4.62. The van der Waals surface area contributed by atoms with Gasteiger partial charge in [-0.15, -0.1) is 0 Å². The molecule has 0 fully saturated rings. The molecule has 8 heteroatoms. The molecule has 0 spiro atoms. The number of carbonyl (C=O) groups excluding carboxylic acids is 1. The lowest BCUT2D eigenvalue weighted by molar-refractivity contribution is -0.152. The first kappa shape index (κ1) is 14.9. The highest BCUT2D eigenvalue weighted by molar-refractivity contribution is 6.03. The Hall–Kier alpha value is -3.03. The molecule has 0 atom stereocenters. The molecule has 5 nitrogen and oxygen atoms in total. The molecular formula is C15H8F3NO4. The maximum absolute atomic E-state index is 12.6. The van der Waals surface area contributed by atoms with Crippen LogP contribution in [0.1, 0.15) is 16.3 Å². The number of furan rings is 1. The molecule has 0 bridgehead atoms. The molecule has 0 aliphatic rings. The van der Waals surface area contributed by atoms with Crippen molar-refractivity contribution in [2.75, 3.05) is 5.32 Å². The molecule has 2 heterocycles. The molecule has 0 aliphatic carbocycles. The number of rotatable bonds is 2. The summed E-state index contributed by atoms with van der Waals surface area (Å²) in [7, 11) is 0. The van der Waals surface area contributed by atoms with Gasteiger partial charge in [0.1, 0.15) is 5.58 Å². The second-order valence-electron chi connectivity index (χ2n) is 4.62. The number of nitrogens with one attached hydrogen (secondary N) is 1. The summed E-state index contributed by atoms with van der Waals surface area (Å²) >= 11 is 0. The number of hydrogen-bond donors (Lipinski definition) is 1. The van der Waals surface area contributed by atoms with Crippen molar-refractivity contribution < 1.29 is 26.8 Å². The highest BCUT2D eigenvalue weighted by atomic mass is 19.4. The van der Waals surface area contributed by atoms with Crippen molar-refractivity contribution in [3.63, 3.8) is 0 Å². The first-order chi connectivity index (χ1) is 10.8. The predicted molar refractivity (Wildman–Crippen MR) is 74.1 cm³/mol. The third-order valence-electron chi connectivity index (χ3n) is 3.01. The van der Waals surface area contributed by atoms with Crippen LogP contribution < -0.4 is 10.7 Å². The number of hydrogen-bond acceptors (Lipinski definition) is 4. The van der Waals surface area contributed by atoms with E-state index in [1.807, 2.05) is 0 Å². The first-order valence-corrected chi connectivity index (χ1v) is 6.34. The standard InChI is InChI=1S/C15H8F3NO4/c16-15(17,18)13-7-10(20)9-6-8(3-4-11(9)23-13)19-14(21)12-2-1-5-22-12/h1-7H,(H,19,21). The Morgan fingerprint density at radius 3 is 2.57 bits per heavy atom. The van der Waals surface area contributed by atoms with E-state index in [4.69, 9.17) is 4.42 Å². The van der Waals surface area contributed by atoms with Gasteiger partial charge in [-0.2, -0.15) is 13.2 Å². The van der Waals surface area contributed by atoms with Crippen LogP contribution in [0.15, 0.2) is 56.3 Å². The quantitative estimate of drug-likeness (QED) is 0.781. The number of halogens is 3. The van der Waals surface area contributed by atoms with Gasteiger partial charge in [-0.05, 0) is 30.3 Å². The molecule has 3 aromatic rings. The molecule has 23 heavy (non-hydrogen) atoms. The fourth-order valence-electron chi connectivity index (χ4n) is 1.97. The van der Waals surface area contributed by atoms with Gasteiger partial charge in [0, 0.05) is 11.8 Å². The lowest BCUT2D eigenvalue weighted by atomic mass is 10.2. The lowest BCUT2D eigenvalue weighted by Crippen LogP contribution is -2.13. The minimum Gasteiger partial charge on any atom is -0.459 e. The first-order valence-electron chi connectivity index (χ1n) is 6.34. The van der Waals surface area contributed by atoms with Gasteiger partial charge in [0.25, 0.3) is 5.91 Å². The molecule has 0 saturated carbocycles. The Bertz CT molecular complexity index is 926. The zero-order valence-corrected chi connectivity index (χ0v) is 11.3. The Morgan fingerprint density at radius 2 is 1.91 bits per heavy atom. The zero-order chi connectivity index (χ0) is 16.6. The van der Waals surface area contributed by atoms with Crippen LogP contribution >= 0.6 is 0 Å². The van der Waals surface area contributed by atoms with Crippen molar-refractivity contribution in [1.29, 1.82) is 0 Å². The van der Waals surface area contributed by atoms with E-state index in [1.165, 1.54) is 36.6 Å². The van der Waals surface area contributed by atoms with Crippen LogP contribution in [-0.4, -0.2) is 5.91 Å². The number of alkyl halides is 3. The van der Waals surface area contributed by atoms with Crippen LogP contribution in [-0.2, 0) is 6.18 Å². The Balaban J connectivity index is 1.98. The van der Waals surface area contributed by atoms with Crippen LogP contribution in [0.2, 0.25) is 0 Å². The van der Waals surface area contributed by atoms with Crippen molar-refractivity contribution in [2.24, 2.45) is 0 Å². The summed E-state index contributed by atoms with van der Waals surface area (Å²) in [5, 5.41) is 2.40. The summed E-state index contributed by atoms with van der Waals surface area (Å²) in [6.07, 6.45) is -3.43. The van der Waals surface area contributed by atoms with Crippen molar-refractivity contribution in [3.05, 3.63) is 64.4 Å². The molecule has 1 amide bonds. The smallest absolute Gasteiger partial charge is 0.449 e. The summed E-state index contributed by atoms with van der Waals surface area (Å²) in [5.74, 6) is -1.86. The summed E-state index contributed by atoms with van der Waals surface area (Å²) in [6.45, 7) is 0. The molecule has 3 rings (SSSR count). The fourth-order valence-corrected chi connectivity index (χ4v) is 1.97. The number of anilines is 1. The Kier molecular flexibility index (Phi) is 3.44. The maximum Gasteiger partial charge on any atom is 0.449 e. The van der Waals surface area contributed by atoms with Gasteiger partial charge in [0.05, 0.1) is 11.6 Å². The summed E-state index contributed by atoms with van der Waals surface area (Å²) in [6, 6.07) is 7.10. The van der Waals surface area contributed by atoms with E-state index in [-0.39, 0.29) is 22.4 Å². The normalized spacial score (nSPS) is 11.6. The van der Waals surface area contributed by atoms with E-state index >= 15 is 0 Å². The second kappa shape index (κ2) is 5.31. The van der Waals surface area contributed by atoms with E-state index in [2.05, 4.69) is 9.73 Å². The van der Waals surface area contributed by atoms with E-state index in [1.54, 1.807) is 0 Å². The molecule has 118 valence electrons. The largest absolute Gasteiger partial charge is 0.459 e. The van der Waals surface area contributed by atoms with Crippen molar-refractivity contribution in [1.82, 2.24) is 0 Å². The zero-order valence-electron chi connectivity index (χ0n) is 11.3. The van der Waals surface area contributed by atoms with Crippen LogP contribution in [0.4, 0.5) is 18.9 Å². The van der Waals surface area contributed by atoms with Gasteiger partial charge in [0.15, 0.2) is 11.2 Å². The van der Waals surface area contributed by atoms with Crippen molar-refractivity contribution in [2.45, 2.75) is 6.18 Å². The number of fused-ring (bicyclic) bond motifs is 1. The lowest BCUT2D eigenvalue weighted by Gasteiger charge is -2.08. The van der Waals surface area contributed by atoms with E-state index < -0.39 is 23.3 Å². The average Bonchev–Trinajstić information content (AvgIpc) is 3.01. The average molecular weight is 323 g/mol. The van der Waals surface area contributed by atoms with Crippen LogP contribution in [0.3, 0.4) is 0 Å². The van der Waals surface area contributed by atoms with Gasteiger partial charge in [-0.25, -0.2) is 0 Å². The number of benzene rings is 1. The van der Waals surface area contributed by atoms with Gasteiger partial charge >= 0.3 is 6.18 Å². The molecular weight excluding hydrogens is 315 g/mol. The van der Waals surface area contributed by atoms with Crippen molar-refractivity contribution >= 4 is 22.6 Å². The summed E-state index contributed by atoms with van der Waals surface area (Å²) in [4.78, 5) is 23.6. The van der Waals surface area contributed by atoms with Gasteiger partial charge in [0.2, 0.25) is 5.76 Å². The summed E-state index contributed by atoms with van der Waals surface area (Å²) in [5.41, 5.74) is -0.848. The monoisotopic (exact) mass is 323 g/mol. The molecule has 0 radical (unpaired) electrons. The molecule has 0 aliphatic heterocycles. The SMILES string of the molecule is O=C(Nc1ccc2oc(C(F)(F)F)cc(=O)c2c1)c1ccco1. The Morgan fingerprint density at radius 1 is 1.13 bits per heavy atom. The molecule has 0 saturated heterocycles. The van der Waals surface area contributed by atoms with Crippen LogP contribution in [0, 0.1) is 0 Å². The van der Waals surface area contributed by atoms with Gasteiger partial charge in [-0.3, -0.25) is 9.59 Å². The third-order valence-corrected chi connectivity index (χ3v) is 3.01. The fraction of sp³-hybridized carbons (Fsp3) is 0.0667. The van der Waals surface area contributed by atoms with E-state index in [0.29, 0.717) is 6.07 Å². The minimum atomic E-state index is -4.75. The molecule has 1 N–H and O–H groups in total. The highest BCUT2D eigenvalue weighted by Gasteiger charge is 2.34. The summed E-state index contributed by atoms with van der Waals surface area (Å²) < 4.78 is 47.4. The van der Waals surface area contributed by atoms with E-state index in [9.17, 15) is 22.8 Å².